The molecule has 0 aromatic heterocycles. The van der Waals surface area contributed by atoms with Crippen LogP contribution in [0, 0.1) is 13.8 Å². The van der Waals surface area contributed by atoms with Crippen LogP contribution in [0.5, 0.6) is 0 Å². The van der Waals surface area contributed by atoms with Gasteiger partial charge in [-0.05, 0) is 31.6 Å². The van der Waals surface area contributed by atoms with Gasteiger partial charge in [-0.3, -0.25) is 0 Å². The van der Waals surface area contributed by atoms with E-state index in [-0.39, 0.29) is 0 Å². The second-order valence-electron chi connectivity index (χ2n) is 4.70. The lowest BCUT2D eigenvalue weighted by atomic mass is 9.92. The molecule has 2 rings (SSSR count). The first kappa shape index (κ1) is 11.0. The first-order chi connectivity index (χ1) is 7.07. The predicted molar refractivity (Wildman–Crippen MR) is 66.5 cm³/mol. The van der Waals surface area contributed by atoms with Crippen LogP contribution in [-0.2, 0) is 6.42 Å². The Kier molecular flexibility index (Phi) is 3.08. The Hall–Kier alpha value is -0.470. The maximum Gasteiger partial charge on any atom is 0.0785 e. The van der Waals surface area contributed by atoms with Gasteiger partial charge in [0.05, 0.1) is 5.60 Å². The van der Waals surface area contributed by atoms with Crippen molar-refractivity contribution in [2.45, 2.75) is 32.3 Å². The number of aryl methyl sites for hydroxylation is 2. The molecule has 1 nitrogen and oxygen atoms in total. The van der Waals surface area contributed by atoms with Gasteiger partial charge in [0.1, 0.15) is 0 Å². The van der Waals surface area contributed by atoms with Crippen molar-refractivity contribution in [2.24, 2.45) is 0 Å². The average molecular weight is 222 g/mol. The molecule has 1 unspecified atom stereocenters. The molecule has 1 atom stereocenters. The molecule has 0 radical (unpaired) electrons. The maximum absolute atomic E-state index is 10.3. The summed E-state index contributed by atoms with van der Waals surface area (Å²) in [4.78, 5) is 0. The van der Waals surface area contributed by atoms with Gasteiger partial charge in [0.15, 0.2) is 0 Å². The van der Waals surface area contributed by atoms with Crippen molar-refractivity contribution in [3.8, 4) is 0 Å². The molecular weight excluding hydrogens is 204 g/mol. The Morgan fingerprint density at radius 1 is 1.27 bits per heavy atom. The van der Waals surface area contributed by atoms with Crippen LogP contribution in [0.3, 0.4) is 0 Å². The van der Waals surface area contributed by atoms with Crippen LogP contribution in [0.15, 0.2) is 18.2 Å². The lowest BCUT2D eigenvalue weighted by Gasteiger charge is -2.21. The fourth-order valence-electron chi connectivity index (χ4n) is 2.29. The van der Waals surface area contributed by atoms with Crippen molar-refractivity contribution in [1.82, 2.24) is 0 Å². The highest BCUT2D eigenvalue weighted by Crippen LogP contribution is 2.31. The lowest BCUT2D eigenvalue weighted by Crippen LogP contribution is -2.30. The molecule has 1 aliphatic rings. The molecule has 1 aromatic rings. The van der Waals surface area contributed by atoms with Crippen molar-refractivity contribution in [1.29, 1.82) is 0 Å². The second-order valence-corrected chi connectivity index (χ2v) is 5.80. The van der Waals surface area contributed by atoms with E-state index in [9.17, 15) is 5.11 Å². The highest BCUT2D eigenvalue weighted by Gasteiger charge is 2.31. The minimum Gasteiger partial charge on any atom is -0.389 e. The first-order valence-electron chi connectivity index (χ1n) is 5.45. The average Bonchev–Trinajstić information content (AvgIpc) is 2.49. The molecule has 1 N–H and O–H groups in total. The van der Waals surface area contributed by atoms with Crippen LogP contribution < -0.4 is 0 Å². The van der Waals surface area contributed by atoms with E-state index in [2.05, 4.69) is 32.0 Å². The fourth-order valence-corrected chi connectivity index (χ4v) is 3.58. The van der Waals surface area contributed by atoms with Crippen LogP contribution in [0.2, 0.25) is 0 Å². The van der Waals surface area contributed by atoms with E-state index in [1.54, 1.807) is 0 Å². The molecule has 0 spiro atoms. The van der Waals surface area contributed by atoms with Crippen molar-refractivity contribution >= 4 is 11.8 Å². The van der Waals surface area contributed by atoms with Crippen molar-refractivity contribution in [3.05, 3.63) is 34.9 Å². The first-order valence-corrected chi connectivity index (χ1v) is 6.60. The molecule has 1 heterocycles. The SMILES string of the molecule is Cc1cc(C)cc(CC2(O)CCSC2)c1. The summed E-state index contributed by atoms with van der Waals surface area (Å²) in [5, 5.41) is 10.3. The van der Waals surface area contributed by atoms with E-state index < -0.39 is 5.60 Å². The Bertz CT molecular complexity index is 333. The number of benzene rings is 1. The second kappa shape index (κ2) is 4.18. The smallest absolute Gasteiger partial charge is 0.0785 e. The number of thioether (sulfide) groups is 1. The monoisotopic (exact) mass is 222 g/mol. The van der Waals surface area contributed by atoms with E-state index in [4.69, 9.17) is 0 Å². The molecule has 0 bridgehead atoms. The largest absolute Gasteiger partial charge is 0.389 e. The van der Waals surface area contributed by atoms with Gasteiger partial charge in [-0.1, -0.05) is 29.3 Å². The molecule has 82 valence electrons. The summed E-state index contributed by atoms with van der Waals surface area (Å²) in [7, 11) is 0. The Balaban J connectivity index is 2.16. The Morgan fingerprint density at radius 3 is 2.47 bits per heavy atom. The Labute approximate surface area is 95.9 Å². The highest BCUT2D eigenvalue weighted by atomic mass is 32.2. The molecule has 0 saturated carbocycles. The van der Waals surface area contributed by atoms with Gasteiger partial charge in [-0.25, -0.2) is 0 Å². The standard InChI is InChI=1S/C13H18OS/c1-10-5-11(2)7-12(6-10)8-13(14)3-4-15-9-13/h5-7,14H,3-4,8-9H2,1-2H3. The molecule has 1 aliphatic heterocycles. The summed E-state index contributed by atoms with van der Waals surface area (Å²) in [6, 6.07) is 6.55. The van der Waals surface area contributed by atoms with Crippen LogP contribution in [-0.4, -0.2) is 22.2 Å². The number of hydrogen-bond donors (Lipinski definition) is 1. The zero-order chi connectivity index (χ0) is 10.9. The lowest BCUT2D eigenvalue weighted by molar-refractivity contribution is 0.0686. The zero-order valence-corrected chi connectivity index (χ0v) is 10.2. The van der Waals surface area contributed by atoms with Gasteiger partial charge in [0.2, 0.25) is 0 Å². The van der Waals surface area contributed by atoms with Gasteiger partial charge in [0.25, 0.3) is 0 Å². The van der Waals surface area contributed by atoms with Crippen LogP contribution in [0.1, 0.15) is 23.1 Å². The third-order valence-electron chi connectivity index (χ3n) is 2.90. The van der Waals surface area contributed by atoms with Gasteiger partial charge in [0, 0.05) is 12.2 Å². The molecule has 1 aromatic carbocycles. The number of hydrogen-bond acceptors (Lipinski definition) is 2. The summed E-state index contributed by atoms with van der Waals surface area (Å²) < 4.78 is 0. The van der Waals surface area contributed by atoms with Crippen LogP contribution >= 0.6 is 11.8 Å². The van der Waals surface area contributed by atoms with Crippen molar-refractivity contribution < 1.29 is 5.11 Å². The predicted octanol–water partition coefficient (Wildman–Crippen LogP) is 2.71. The molecule has 15 heavy (non-hydrogen) atoms. The molecule has 0 aliphatic carbocycles. The zero-order valence-electron chi connectivity index (χ0n) is 9.42. The third kappa shape index (κ3) is 2.76. The van der Waals surface area contributed by atoms with Gasteiger partial charge < -0.3 is 5.11 Å². The van der Waals surface area contributed by atoms with E-state index >= 15 is 0 Å². The maximum atomic E-state index is 10.3. The number of rotatable bonds is 2. The van der Waals surface area contributed by atoms with Gasteiger partial charge >= 0.3 is 0 Å². The van der Waals surface area contributed by atoms with E-state index in [1.165, 1.54) is 16.7 Å². The molecule has 0 amide bonds. The number of aliphatic hydroxyl groups is 1. The summed E-state index contributed by atoms with van der Waals surface area (Å²) >= 11 is 1.86. The Morgan fingerprint density at radius 2 is 1.93 bits per heavy atom. The summed E-state index contributed by atoms with van der Waals surface area (Å²) in [6.07, 6.45) is 1.74. The third-order valence-corrected chi connectivity index (χ3v) is 4.13. The summed E-state index contributed by atoms with van der Waals surface area (Å²) in [5.74, 6) is 1.99. The van der Waals surface area contributed by atoms with E-state index in [1.807, 2.05) is 11.8 Å². The van der Waals surface area contributed by atoms with E-state index in [0.29, 0.717) is 0 Å². The van der Waals surface area contributed by atoms with Crippen LogP contribution in [0.25, 0.3) is 0 Å². The summed E-state index contributed by atoms with van der Waals surface area (Å²) in [5.41, 5.74) is 3.40. The molecular formula is C13H18OS. The summed E-state index contributed by atoms with van der Waals surface area (Å²) in [6.45, 7) is 4.23. The quantitative estimate of drug-likeness (QED) is 0.830. The molecule has 1 fully saturated rings. The molecule has 1 saturated heterocycles. The minimum absolute atomic E-state index is 0.453. The fraction of sp³-hybridized carbons (Fsp3) is 0.538. The van der Waals surface area contributed by atoms with Gasteiger partial charge in [-0.15, -0.1) is 0 Å². The topological polar surface area (TPSA) is 20.2 Å². The van der Waals surface area contributed by atoms with Crippen molar-refractivity contribution in [3.63, 3.8) is 0 Å². The normalized spacial score (nSPS) is 25.8. The van der Waals surface area contributed by atoms with Crippen molar-refractivity contribution in [2.75, 3.05) is 11.5 Å². The highest BCUT2D eigenvalue weighted by molar-refractivity contribution is 7.99. The van der Waals surface area contributed by atoms with Gasteiger partial charge in [-0.2, -0.15) is 11.8 Å². The van der Waals surface area contributed by atoms with E-state index in [0.717, 1.165) is 24.3 Å². The minimum atomic E-state index is -0.453. The van der Waals surface area contributed by atoms with Crippen LogP contribution in [0.4, 0.5) is 0 Å². The molecule has 2 heteroatoms.